The first-order chi connectivity index (χ1) is 15.8. The van der Waals surface area contributed by atoms with Gasteiger partial charge in [0.05, 0.1) is 21.2 Å². The lowest BCUT2D eigenvalue weighted by Crippen LogP contribution is -2.16. The maximum absolute atomic E-state index is 12.9. The molecular weight excluding hydrogens is 464 g/mol. The van der Waals surface area contributed by atoms with Crippen molar-refractivity contribution < 1.29 is 18.4 Å². The van der Waals surface area contributed by atoms with Crippen LogP contribution in [0, 0.1) is 17.0 Å². The lowest BCUT2D eigenvalue weighted by molar-refractivity contribution is -0.385. The zero-order chi connectivity index (χ0) is 25.4. The average Bonchev–Trinajstić information content (AvgIpc) is 3.05. The molecule has 3 aromatic rings. The predicted octanol–water partition coefficient (Wildman–Crippen LogP) is 3.84. The van der Waals surface area contributed by atoms with Crippen molar-refractivity contribution in [2.45, 2.75) is 44.4 Å². The second-order valence-electron chi connectivity index (χ2n) is 8.33. The van der Waals surface area contributed by atoms with Gasteiger partial charge < -0.3 is 5.11 Å². The summed E-state index contributed by atoms with van der Waals surface area (Å²) >= 11 is 0. The first-order valence-corrected chi connectivity index (χ1v) is 11.7. The number of rotatable bonds is 7. The van der Waals surface area contributed by atoms with Gasteiger partial charge in [-0.25, -0.2) is 18.2 Å². The molecule has 0 bridgehead atoms. The largest absolute Gasteiger partial charge is 0.501 e. The quantitative estimate of drug-likeness (QED) is 0.257. The van der Waals surface area contributed by atoms with E-state index in [9.17, 15) is 28.4 Å². The van der Waals surface area contributed by atoms with Gasteiger partial charge >= 0.3 is 5.69 Å². The van der Waals surface area contributed by atoms with Crippen molar-refractivity contribution in [3.8, 4) is 11.4 Å². The van der Waals surface area contributed by atoms with E-state index < -0.39 is 37.4 Å². The lowest BCUT2D eigenvalue weighted by Gasteiger charge is -2.23. The Morgan fingerprint density at radius 3 is 2.50 bits per heavy atom. The fourth-order valence-corrected chi connectivity index (χ4v) is 3.71. The summed E-state index contributed by atoms with van der Waals surface area (Å²) in [6, 6.07) is 8.23. The summed E-state index contributed by atoms with van der Waals surface area (Å²) in [5.41, 5.74) is -0.801. The van der Waals surface area contributed by atoms with Crippen LogP contribution >= 0.6 is 0 Å². The number of phenols is 1. The maximum Gasteiger partial charge on any atom is 0.313 e. The molecule has 34 heavy (non-hydrogen) atoms. The van der Waals surface area contributed by atoms with Crippen LogP contribution in [0.5, 0.6) is 5.75 Å². The number of aryl methyl sites for hydroxylation is 1. The number of nitrogens with two attached hydrogens (primary N) is 1. The molecule has 0 spiro atoms. The van der Waals surface area contributed by atoms with Crippen LogP contribution in [0.25, 0.3) is 5.69 Å². The van der Waals surface area contributed by atoms with Crippen LogP contribution in [0.3, 0.4) is 0 Å². The topological polar surface area (TPSA) is 186 Å². The minimum atomic E-state index is -3.98. The van der Waals surface area contributed by atoms with Crippen LogP contribution in [0.4, 0.5) is 17.1 Å². The molecule has 0 aliphatic carbocycles. The van der Waals surface area contributed by atoms with E-state index in [0.29, 0.717) is 17.7 Å². The number of aromatic amines is 1. The van der Waals surface area contributed by atoms with Crippen molar-refractivity contribution in [1.29, 1.82) is 0 Å². The predicted molar refractivity (Wildman–Crippen MR) is 125 cm³/mol. The SMILES string of the molecule is CCC(C)(C)c1cc(N=Nc2c(C)[nH]n(-c3cccc(S(N)(=O)=O)c3)c2=O)c(O)c([N+](=O)[O-])c1. The summed E-state index contributed by atoms with van der Waals surface area (Å²) < 4.78 is 24.3. The number of phenolic OH excluding ortho intramolecular Hbond substituents is 1. The Labute approximate surface area is 194 Å². The minimum absolute atomic E-state index is 0.122. The number of azo groups is 1. The number of nitrogens with zero attached hydrogens (tertiary/aromatic N) is 4. The summed E-state index contributed by atoms with van der Waals surface area (Å²) in [7, 11) is -3.98. The highest BCUT2D eigenvalue weighted by Gasteiger charge is 2.26. The van der Waals surface area contributed by atoms with Crippen molar-refractivity contribution in [1.82, 2.24) is 9.78 Å². The number of sulfonamides is 1. The number of H-pyrrole nitrogens is 1. The molecule has 1 heterocycles. The lowest BCUT2D eigenvalue weighted by atomic mass is 9.82. The van der Waals surface area contributed by atoms with Crippen LogP contribution < -0.4 is 10.7 Å². The minimum Gasteiger partial charge on any atom is -0.501 e. The zero-order valence-electron chi connectivity index (χ0n) is 18.9. The van der Waals surface area contributed by atoms with Gasteiger partial charge in [-0.1, -0.05) is 26.8 Å². The zero-order valence-corrected chi connectivity index (χ0v) is 19.8. The Hall–Kier alpha value is -3.84. The highest BCUT2D eigenvalue weighted by atomic mass is 32.2. The maximum atomic E-state index is 12.9. The number of aromatic nitrogens is 2. The van der Waals surface area contributed by atoms with Crippen LogP contribution in [0.15, 0.2) is 56.3 Å². The van der Waals surface area contributed by atoms with Crippen LogP contribution in [0.1, 0.15) is 38.4 Å². The molecule has 2 aromatic carbocycles. The molecule has 0 aliphatic rings. The van der Waals surface area contributed by atoms with Gasteiger partial charge in [0.15, 0.2) is 5.69 Å². The number of hydrogen-bond acceptors (Lipinski definition) is 8. The van der Waals surface area contributed by atoms with Gasteiger partial charge in [0.2, 0.25) is 15.8 Å². The molecule has 180 valence electrons. The van der Waals surface area contributed by atoms with Crippen molar-refractivity contribution >= 4 is 27.1 Å². The highest BCUT2D eigenvalue weighted by Crippen LogP contribution is 2.42. The summed E-state index contributed by atoms with van der Waals surface area (Å²) in [5, 5.41) is 37.6. The van der Waals surface area contributed by atoms with Gasteiger partial charge in [0, 0.05) is 6.07 Å². The van der Waals surface area contributed by atoms with Gasteiger partial charge in [0.25, 0.3) is 5.56 Å². The van der Waals surface area contributed by atoms with Gasteiger partial charge in [0.1, 0.15) is 5.69 Å². The molecule has 0 saturated carbocycles. The Morgan fingerprint density at radius 1 is 1.24 bits per heavy atom. The summed E-state index contributed by atoms with van der Waals surface area (Å²) in [4.78, 5) is 23.5. The van der Waals surface area contributed by atoms with E-state index in [-0.39, 0.29) is 22.0 Å². The van der Waals surface area contributed by atoms with E-state index in [0.717, 1.165) is 4.68 Å². The third kappa shape index (κ3) is 4.75. The fourth-order valence-electron chi connectivity index (χ4n) is 3.16. The van der Waals surface area contributed by atoms with E-state index in [4.69, 9.17) is 5.14 Å². The normalized spacial score (nSPS) is 12.4. The third-order valence-electron chi connectivity index (χ3n) is 5.63. The summed E-state index contributed by atoms with van der Waals surface area (Å²) in [6.45, 7) is 7.27. The highest BCUT2D eigenvalue weighted by molar-refractivity contribution is 7.89. The molecular formula is C21H24N6O6S. The van der Waals surface area contributed by atoms with E-state index in [1.165, 1.54) is 36.4 Å². The van der Waals surface area contributed by atoms with Crippen LogP contribution in [-0.4, -0.2) is 28.2 Å². The Morgan fingerprint density at radius 2 is 1.91 bits per heavy atom. The first-order valence-electron chi connectivity index (χ1n) is 10.1. The first kappa shape index (κ1) is 24.8. The molecule has 12 nitrogen and oxygen atoms in total. The Balaban J connectivity index is 2.11. The monoisotopic (exact) mass is 488 g/mol. The van der Waals surface area contributed by atoms with Crippen molar-refractivity contribution in [3.63, 3.8) is 0 Å². The molecule has 0 aliphatic heterocycles. The fraction of sp³-hybridized carbons (Fsp3) is 0.286. The number of primary sulfonamides is 1. The number of aromatic hydroxyl groups is 1. The standard InChI is InChI=1S/C21H24N6O6S/c1-5-21(3,4)13-9-16(19(28)17(10-13)27(30)31)23-24-18-12(2)25-26(20(18)29)14-7-6-8-15(11-14)34(22,32)33/h6-11,25,28H,5H2,1-4H3,(H2,22,32,33). The molecule has 13 heteroatoms. The van der Waals surface area contributed by atoms with Crippen molar-refractivity contribution in [3.05, 3.63) is 68.1 Å². The molecule has 4 N–H and O–H groups in total. The van der Waals surface area contributed by atoms with Gasteiger partial charge in [-0.15, -0.1) is 10.2 Å². The molecule has 0 fully saturated rings. The van der Waals surface area contributed by atoms with E-state index in [2.05, 4.69) is 15.3 Å². The molecule has 0 unspecified atom stereocenters. The van der Waals surface area contributed by atoms with Crippen molar-refractivity contribution in [2.75, 3.05) is 0 Å². The van der Waals surface area contributed by atoms with E-state index in [1.54, 1.807) is 6.92 Å². The molecule has 0 radical (unpaired) electrons. The Kier molecular flexibility index (Phi) is 6.44. The van der Waals surface area contributed by atoms with Gasteiger partial charge in [-0.05, 0) is 48.6 Å². The van der Waals surface area contributed by atoms with E-state index in [1.807, 2.05) is 20.8 Å². The molecule has 0 saturated heterocycles. The van der Waals surface area contributed by atoms with Crippen LogP contribution in [-0.2, 0) is 15.4 Å². The number of nitrogens with one attached hydrogen (secondary N) is 1. The van der Waals surface area contributed by atoms with Gasteiger partial charge in [-0.2, -0.15) is 0 Å². The van der Waals surface area contributed by atoms with E-state index >= 15 is 0 Å². The summed E-state index contributed by atoms with van der Waals surface area (Å²) in [5.74, 6) is -0.668. The third-order valence-corrected chi connectivity index (χ3v) is 6.55. The second-order valence-corrected chi connectivity index (χ2v) is 9.89. The van der Waals surface area contributed by atoms with Gasteiger partial charge in [-0.3, -0.25) is 20.0 Å². The number of hydrogen-bond donors (Lipinski definition) is 3. The Bertz CT molecular complexity index is 1470. The number of nitro benzene ring substituents is 1. The molecule has 3 rings (SSSR count). The number of nitro groups is 1. The molecule has 0 atom stereocenters. The van der Waals surface area contributed by atoms with Crippen molar-refractivity contribution in [2.24, 2.45) is 15.4 Å². The smallest absolute Gasteiger partial charge is 0.313 e. The second kappa shape index (κ2) is 8.83. The number of benzene rings is 2. The molecule has 1 aromatic heterocycles. The van der Waals surface area contributed by atoms with Crippen LogP contribution in [0.2, 0.25) is 0 Å². The molecule has 0 amide bonds. The average molecular weight is 489 g/mol. The summed E-state index contributed by atoms with van der Waals surface area (Å²) in [6.07, 6.45) is 0.671.